The summed E-state index contributed by atoms with van der Waals surface area (Å²) in [6.07, 6.45) is 0.213. The van der Waals surface area contributed by atoms with E-state index in [1.54, 1.807) is 25.5 Å². The van der Waals surface area contributed by atoms with Gasteiger partial charge in [-0.05, 0) is 51.8 Å². The number of benzene rings is 1. The zero-order valence-electron chi connectivity index (χ0n) is 22.9. The van der Waals surface area contributed by atoms with E-state index in [2.05, 4.69) is 15.3 Å². The highest BCUT2D eigenvalue weighted by Gasteiger charge is 2.49. The molecule has 39 heavy (non-hydrogen) atoms. The first-order valence-electron chi connectivity index (χ1n) is 13.5. The molecule has 0 aliphatic carbocycles. The average molecular weight is 547 g/mol. The number of hydrogen-bond donors (Lipinski definition) is 1. The first-order chi connectivity index (χ1) is 18.3. The monoisotopic (exact) mass is 546 g/mol. The van der Waals surface area contributed by atoms with E-state index in [9.17, 15) is 14.4 Å². The van der Waals surface area contributed by atoms with E-state index in [1.807, 2.05) is 30.1 Å². The van der Waals surface area contributed by atoms with E-state index in [1.165, 1.54) is 0 Å². The number of halogens is 2. The van der Waals surface area contributed by atoms with Crippen LogP contribution in [0.1, 0.15) is 51.6 Å². The number of anilines is 1. The van der Waals surface area contributed by atoms with Crippen LogP contribution in [-0.2, 0) is 21.4 Å². The maximum Gasteiger partial charge on any atom is 0.410 e. The predicted molar refractivity (Wildman–Crippen MR) is 141 cm³/mol. The molecule has 0 radical (unpaired) electrons. The molecule has 3 saturated heterocycles. The van der Waals surface area contributed by atoms with E-state index < -0.39 is 36.1 Å². The number of carbonyl (C=O) groups is 3. The van der Waals surface area contributed by atoms with E-state index in [0.717, 1.165) is 21.5 Å². The molecule has 1 aromatic carbocycles. The van der Waals surface area contributed by atoms with Crippen LogP contribution in [0.15, 0.2) is 18.2 Å². The molecule has 212 valence electrons. The van der Waals surface area contributed by atoms with Gasteiger partial charge >= 0.3 is 6.09 Å². The van der Waals surface area contributed by atoms with E-state index >= 15 is 8.78 Å². The summed E-state index contributed by atoms with van der Waals surface area (Å²) in [4.78, 5) is 41.4. The van der Waals surface area contributed by atoms with Crippen molar-refractivity contribution >= 4 is 34.5 Å². The number of rotatable bonds is 3. The van der Waals surface area contributed by atoms with Crippen LogP contribution in [0.4, 0.5) is 19.3 Å². The fraction of sp³-hybridized carbons (Fsp3) is 0.630. The van der Waals surface area contributed by atoms with E-state index in [0.29, 0.717) is 38.3 Å². The lowest BCUT2D eigenvalue weighted by atomic mass is 9.93. The van der Waals surface area contributed by atoms with Crippen LogP contribution in [0, 0.1) is 0 Å². The lowest BCUT2D eigenvalue weighted by molar-refractivity contribution is -0.134. The molecule has 1 N–H and O–H groups in total. The van der Waals surface area contributed by atoms with Gasteiger partial charge in [-0.2, -0.15) is 5.10 Å². The van der Waals surface area contributed by atoms with Crippen LogP contribution in [0.25, 0.3) is 10.9 Å². The molecule has 5 rings (SSSR count). The largest absolute Gasteiger partial charge is 0.444 e. The van der Waals surface area contributed by atoms with Gasteiger partial charge in [0.2, 0.25) is 11.8 Å². The van der Waals surface area contributed by atoms with Crippen molar-refractivity contribution < 1.29 is 27.9 Å². The minimum atomic E-state index is -3.03. The lowest BCUT2D eigenvalue weighted by Gasteiger charge is -2.46. The molecule has 1 aromatic heterocycles. The fourth-order valence-corrected chi connectivity index (χ4v) is 5.83. The Labute approximate surface area is 226 Å². The molecule has 4 heterocycles. The Balaban J connectivity index is 1.23. The highest BCUT2D eigenvalue weighted by Crippen LogP contribution is 2.35. The Morgan fingerprint density at radius 2 is 1.82 bits per heavy atom. The van der Waals surface area contributed by atoms with E-state index in [-0.39, 0.29) is 31.2 Å². The molecule has 10 nitrogen and oxygen atoms in total. The third kappa shape index (κ3) is 5.57. The zero-order chi connectivity index (χ0) is 28.1. The van der Waals surface area contributed by atoms with Crippen molar-refractivity contribution in [2.24, 2.45) is 7.05 Å². The number of alkyl halides is 2. The van der Waals surface area contributed by atoms with Gasteiger partial charge in [-0.25, -0.2) is 13.6 Å². The SMILES string of the molecule is Cn1nc(C2CCC(=O)NC2=O)c2ccc(N3CCN([C@H]4CCN(C(=O)OC(C)(C)C)CC4(F)F)CC3)cc21. The summed E-state index contributed by atoms with van der Waals surface area (Å²) >= 11 is 0. The second-order valence-corrected chi connectivity index (χ2v) is 11.7. The number of aryl methyl sites for hydroxylation is 1. The number of ether oxygens (including phenoxy) is 1. The van der Waals surface area contributed by atoms with Crippen molar-refractivity contribution in [2.45, 2.75) is 63.5 Å². The van der Waals surface area contributed by atoms with Gasteiger partial charge in [-0.1, -0.05) is 0 Å². The highest BCUT2D eigenvalue weighted by atomic mass is 19.3. The molecular weight excluding hydrogens is 510 g/mol. The summed E-state index contributed by atoms with van der Waals surface area (Å²) in [5.41, 5.74) is 1.76. The Bertz CT molecular complexity index is 1280. The minimum absolute atomic E-state index is 0.191. The molecule has 0 bridgehead atoms. The van der Waals surface area contributed by atoms with Crippen molar-refractivity contribution in [1.29, 1.82) is 0 Å². The third-order valence-corrected chi connectivity index (χ3v) is 7.77. The van der Waals surface area contributed by atoms with Crippen LogP contribution in [0.2, 0.25) is 0 Å². The highest BCUT2D eigenvalue weighted by molar-refractivity contribution is 6.02. The van der Waals surface area contributed by atoms with E-state index in [4.69, 9.17) is 4.74 Å². The van der Waals surface area contributed by atoms with Gasteiger partial charge in [-0.3, -0.25) is 24.5 Å². The quantitative estimate of drug-likeness (QED) is 0.591. The van der Waals surface area contributed by atoms with Gasteiger partial charge in [0.1, 0.15) is 5.60 Å². The van der Waals surface area contributed by atoms with Crippen LogP contribution < -0.4 is 10.2 Å². The number of hydrogen-bond acceptors (Lipinski definition) is 7. The van der Waals surface area contributed by atoms with Crippen molar-refractivity contribution in [3.63, 3.8) is 0 Å². The molecule has 2 aromatic rings. The minimum Gasteiger partial charge on any atom is -0.444 e. The maximum absolute atomic E-state index is 15.2. The van der Waals surface area contributed by atoms with Gasteiger partial charge in [0.25, 0.3) is 5.92 Å². The molecule has 0 spiro atoms. The molecule has 3 aliphatic heterocycles. The summed E-state index contributed by atoms with van der Waals surface area (Å²) in [5.74, 6) is -4.08. The van der Waals surface area contributed by atoms with Gasteiger partial charge in [0.15, 0.2) is 0 Å². The Morgan fingerprint density at radius 1 is 1.10 bits per heavy atom. The summed E-state index contributed by atoms with van der Waals surface area (Å²) in [6, 6.07) is 5.02. The molecule has 12 heteroatoms. The number of piperidine rings is 2. The topological polar surface area (TPSA) is 100 Å². The summed E-state index contributed by atoms with van der Waals surface area (Å²) in [7, 11) is 1.82. The average Bonchev–Trinajstić information content (AvgIpc) is 3.18. The lowest BCUT2D eigenvalue weighted by Crippen LogP contribution is -2.62. The van der Waals surface area contributed by atoms with Crippen molar-refractivity contribution in [2.75, 3.05) is 44.2 Å². The number of nitrogens with one attached hydrogen (secondary N) is 1. The number of fused-ring (bicyclic) bond motifs is 1. The third-order valence-electron chi connectivity index (χ3n) is 7.77. The summed E-state index contributed by atoms with van der Waals surface area (Å²) < 4.78 is 37.4. The molecule has 0 saturated carbocycles. The summed E-state index contributed by atoms with van der Waals surface area (Å²) in [6.45, 7) is 6.91. The Morgan fingerprint density at radius 3 is 2.46 bits per heavy atom. The zero-order valence-corrected chi connectivity index (χ0v) is 22.9. The van der Waals surface area contributed by atoms with Crippen LogP contribution >= 0.6 is 0 Å². The summed E-state index contributed by atoms with van der Waals surface area (Å²) in [5, 5.41) is 7.87. The number of piperazine rings is 1. The first-order valence-corrected chi connectivity index (χ1v) is 13.5. The molecular formula is C27H36F2N6O4. The van der Waals surface area contributed by atoms with Gasteiger partial charge < -0.3 is 14.5 Å². The molecule has 1 unspecified atom stereocenters. The number of amides is 3. The first kappa shape index (κ1) is 27.3. The van der Waals surface area contributed by atoms with Crippen molar-refractivity contribution in [3.05, 3.63) is 23.9 Å². The van der Waals surface area contributed by atoms with Crippen molar-refractivity contribution in [1.82, 2.24) is 24.9 Å². The number of carbonyl (C=O) groups excluding carboxylic acids is 3. The van der Waals surface area contributed by atoms with Crippen LogP contribution in [0.3, 0.4) is 0 Å². The Kier molecular flexibility index (Phi) is 7.02. The van der Waals surface area contributed by atoms with Gasteiger partial charge in [0.05, 0.1) is 29.7 Å². The standard InChI is InChI=1S/C27H36F2N6O4/c1-26(2,3)39-25(38)35-10-9-21(27(28,29)16-35)34-13-11-33(12-14-34)17-5-6-18-20(15-17)32(4)31-23(18)19-7-8-22(36)30-24(19)37/h5-6,15,19,21H,7-14,16H2,1-4H3,(H,30,36,37)/t19?,21-/m0/s1. The number of nitrogens with zero attached hydrogens (tertiary/aromatic N) is 5. The molecule has 3 fully saturated rings. The number of imide groups is 1. The predicted octanol–water partition coefficient (Wildman–Crippen LogP) is 2.86. The molecule has 2 atom stereocenters. The van der Waals surface area contributed by atoms with Gasteiger partial charge in [-0.15, -0.1) is 0 Å². The smallest absolute Gasteiger partial charge is 0.410 e. The van der Waals surface area contributed by atoms with Crippen molar-refractivity contribution in [3.8, 4) is 0 Å². The number of aromatic nitrogens is 2. The number of likely N-dealkylation sites (tertiary alicyclic amines) is 1. The normalized spacial score (nSPS) is 24.7. The maximum atomic E-state index is 15.2. The van der Waals surface area contributed by atoms with Gasteiger partial charge in [0, 0.05) is 57.3 Å². The van der Waals surface area contributed by atoms with Crippen LogP contribution in [-0.4, -0.2) is 94.3 Å². The van der Waals surface area contributed by atoms with Crippen LogP contribution in [0.5, 0.6) is 0 Å². The second kappa shape index (κ2) is 10.0. The second-order valence-electron chi connectivity index (χ2n) is 11.7. The molecule has 3 aliphatic rings. The fourth-order valence-electron chi connectivity index (χ4n) is 5.83. The molecule has 3 amide bonds. The Hall–Kier alpha value is -3.28.